The van der Waals surface area contributed by atoms with Crippen LogP contribution in [0.1, 0.15) is 50.5 Å². The normalized spacial score (nSPS) is 25.6. The average molecular weight is 661 g/mol. The Balaban J connectivity index is 1.08. The molecule has 12 heteroatoms. The van der Waals surface area contributed by atoms with E-state index in [4.69, 9.17) is 4.74 Å². The topological polar surface area (TPSA) is 103 Å². The molecule has 4 saturated heterocycles. The number of alkyl halides is 1. The van der Waals surface area contributed by atoms with Crippen molar-refractivity contribution in [2.75, 3.05) is 39.3 Å². The Morgan fingerprint density at radius 2 is 2.04 bits per heavy atom. The molecule has 0 aliphatic carbocycles. The highest BCUT2D eigenvalue weighted by Gasteiger charge is 2.49. The molecule has 4 atom stereocenters. The van der Waals surface area contributed by atoms with Gasteiger partial charge in [0.15, 0.2) is 5.82 Å². The molecule has 4 aromatic rings. The van der Waals surface area contributed by atoms with E-state index in [0.29, 0.717) is 53.6 Å². The van der Waals surface area contributed by atoms with Gasteiger partial charge in [0, 0.05) is 50.3 Å². The van der Waals surface area contributed by atoms with E-state index in [0.717, 1.165) is 51.9 Å². The first-order valence-electron chi connectivity index (χ1n) is 17.1. The molecule has 2 aromatic heterocycles. The number of halogens is 3. The largest absolute Gasteiger partial charge is 0.463 e. The van der Waals surface area contributed by atoms with Crippen molar-refractivity contribution in [3.05, 3.63) is 64.1 Å². The molecule has 252 valence electrons. The molecule has 2 N–H and O–H groups in total. The number of carbonyl (C=O) groups excluding carboxylic acids is 1. The van der Waals surface area contributed by atoms with E-state index < -0.39 is 28.9 Å². The summed E-state index contributed by atoms with van der Waals surface area (Å²) in [5, 5.41) is 4.57. The van der Waals surface area contributed by atoms with E-state index in [9.17, 15) is 14.0 Å². The van der Waals surface area contributed by atoms with Crippen LogP contribution in [0.2, 0.25) is 0 Å². The van der Waals surface area contributed by atoms with Crippen molar-refractivity contribution in [3.63, 3.8) is 0 Å². The zero-order valence-electron chi connectivity index (χ0n) is 26.7. The molecule has 4 aliphatic rings. The van der Waals surface area contributed by atoms with Crippen LogP contribution in [0.5, 0.6) is 6.01 Å². The fraction of sp³-hybridized carbons (Fsp3) is 0.500. The highest BCUT2D eigenvalue weighted by molar-refractivity contribution is 5.99. The number of fused-ring (bicyclic) bond motifs is 4. The second-order valence-corrected chi connectivity index (χ2v) is 13.9. The number of rotatable bonds is 8. The van der Waals surface area contributed by atoms with E-state index in [1.165, 1.54) is 12.3 Å². The average Bonchev–Trinajstić information content (AvgIpc) is 3.77. The van der Waals surface area contributed by atoms with E-state index in [-0.39, 0.29) is 47.6 Å². The first-order valence-corrected chi connectivity index (χ1v) is 17.1. The first-order chi connectivity index (χ1) is 23.3. The Hall–Kier alpha value is -4.03. The predicted molar refractivity (Wildman–Crippen MR) is 176 cm³/mol. The molecule has 0 saturated carbocycles. The minimum atomic E-state index is -0.938. The van der Waals surface area contributed by atoms with Crippen molar-refractivity contribution in [1.82, 2.24) is 30.1 Å². The molecule has 0 unspecified atom stereocenters. The molecule has 0 spiro atoms. The molecule has 4 aliphatic heterocycles. The third-order valence-corrected chi connectivity index (χ3v) is 11.1. The van der Waals surface area contributed by atoms with Gasteiger partial charge in [0.25, 0.3) is 11.6 Å². The van der Waals surface area contributed by atoms with Crippen LogP contribution in [0.4, 0.5) is 13.2 Å². The fourth-order valence-corrected chi connectivity index (χ4v) is 8.76. The van der Waals surface area contributed by atoms with Gasteiger partial charge in [-0.1, -0.05) is 24.3 Å². The quantitative estimate of drug-likeness (QED) is 0.277. The lowest BCUT2D eigenvalue weighted by molar-refractivity contribution is -0.132. The van der Waals surface area contributed by atoms with Crippen molar-refractivity contribution in [2.24, 2.45) is 5.92 Å². The Morgan fingerprint density at radius 1 is 1.15 bits per heavy atom. The van der Waals surface area contributed by atoms with Gasteiger partial charge in [0.05, 0.1) is 10.9 Å². The third-order valence-electron chi connectivity index (χ3n) is 11.1. The number of piperidine rings is 1. The number of aromatic nitrogens is 3. The number of aromatic amines is 1. The number of amides is 1. The molecular weight excluding hydrogens is 621 g/mol. The molecular formula is C36H39F3N6O3. The summed E-state index contributed by atoms with van der Waals surface area (Å²) in [5.41, 5.74) is -0.589. The summed E-state index contributed by atoms with van der Waals surface area (Å²) in [6.07, 6.45) is 5.52. The molecule has 0 radical (unpaired) electrons. The lowest BCUT2D eigenvalue weighted by Gasteiger charge is -2.32. The van der Waals surface area contributed by atoms with Crippen molar-refractivity contribution in [3.8, 4) is 17.3 Å². The lowest BCUT2D eigenvalue weighted by atomic mass is 9.93. The summed E-state index contributed by atoms with van der Waals surface area (Å²) in [4.78, 5) is 41.5. The molecule has 4 fully saturated rings. The smallest absolute Gasteiger partial charge is 0.297 e. The maximum atomic E-state index is 16.4. The number of hydrogen-bond acceptors (Lipinski definition) is 7. The minimum Gasteiger partial charge on any atom is -0.463 e. The van der Waals surface area contributed by atoms with Crippen LogP contribution in [-0.2, 0) is 11.2 Å². The van der Waals surface area contributed by atoms with Crippen molar-refractivity contribution in [2.45, 2.75) is 69.1 Å². The number of ether oxygens (including phenoxy) is 1. The zero-order chi connectivity index (χ0) is 33.0. The van der Waals surface area contributed by atoms with Gasteiger partial charge in [-0.25, -0.2) is 13.2 Å². The summed E-state index contributed by atoms with van der Waals surface area (Å²) < 4.78 is 52.1. The van der Waals surface area contributed by atoms with Crippen molar-refractivity contribution in [1.29, 1.82) is 0 Å². The number of nitrogens with zero attached hydrogens (tertiary/aromatic N) is 4. The lowest BCUT2D eigenvalue weighted by Crippen LogP contribution is -2.47. The van der Waals surface area contributed by atoms with Gasteiger partial charge in [-0.2, -0.15) is 4.98 Å². The third kappa shape index (κ3) is 5.42. The Bertz CT molecular complexity index is 1950. The molecule has 48 heavy (non-hydrogen) atoms. The molecule has 2 aromatic carbocycles. The summed E-state index contributed by atoms with van der Waals surface area (Å²) in [7, 11) is 0. The van der Waals surface area contributed by atoms with Crippen LogP contribution in [0.15, 0.2) is 41.3 Å². The number of carbonyl (C=O) groups is 1. The molecule has 6 heterocycles. The summed E-state index contributed by atoms with van der Waals surface area (Å²) >= 11 is 0. The number of likely N-dealkylation sites (tertiary alicyclic amines) is 1. The standard InChI is InChI=1S/C36H39F3N6O3/c37-23-16-36(12-3-14-44(36)19-23)20-48-35-42-33-26(34(47)43-35)17-41-32(31(33)39)25-6-1-4-22-8-9-27(38)24(30(22)25)5-2-7-29(46)45-15-11-21-10-13-40-18-28(21)45/h1,4,6,8-9,17,21,23,28,40H,2-3,5,7,10-16,18-20H2,(H,42,43,47)/t21-,23+,28-,36-/m0/s1. The second kappa shape index (κ2) is 12.5. The predicted octanol–water partition coefficient (Wildman–Crippen LogP) is 4.90. The molecule has 1 amide bonds. The van der Waals surface area contributed by atoms with Gasteiger partial charge in [-0.05, 0) is 79.9 Å². The summed E-state index contributed by atoms with van der Waals surface area (Å²) in [5.74, 6) is -0.633. The van der Waals surface area contributed by atoms with Gasteiger partial charge in [0.2, 0.25) is 5.91 Å². The van der Waals surface area contributed by atoms with Gasteiger partial charge in [-0.3, -0.25) is 24.5 Å². The van der Waals surface area contributed by atoms with E-state index in [1.807, 2.05) is 11.0 Å². The number of pyridine rings is 1. The summed E-state index contributed by atoms with van der Waals surface area (Å²) in [6, 6.07) is 8.39. The van der Waals surface area contributed by atoms with Crippen LogP contribution in [0.25, 0.3) is 32.9 Å². The summed E-state index contributed by atoms with van der Waals surface area (Å²) in [6.45, 7) is 3.84. The Labute approximate surface area is 275 Å². The van der Waals surface area contributed by atoms with Crippen molar-refractivity contribution >= 4 is 27.6 Å². The van der Waals surface area contributed by atoms with Gasteiger partial charge in [-0.15, -0.1) is 0 Å². The number of nitrogens with one attached hydrogen (secondary N) is 2. The highest BCUT2D eigenvalue weighted by atomic mass is 19.1. The molecule has 0 bridgehead atoms. The molecule has 9 nitrogen and oxygen atoms in total. The van der Waals surface area contributed by atoms with Crippen LogP contribution in [0, 0.1) is 17.6 Å². The second-order valence-electron chi connectivity index (χ2n) is 13.9. The van der Waals surface area contributed by atoms with Gasteiger partial charge < -0.3 is 15.0 Å². The Morgan fingerprint density at radius 3 is 2.94 bits per heavy atom. The SMILES string of the molecule is O=C(CCCc1c(F)ccc2cccc(-c3ncc4c(=O)[nH]c(OC[C@@]56CCCN5C[C@H](F)C6)nc4c3F)c12)N1CC[C@@H]2CCNC[C@@H]21. The number of hydrogen-bond donors (Lipinski definition) is 2. The van der Waals surface area contributed by atoms with E-state index in [1.54, 1.807) is 18.2 Å². The van der Waals surface area contributed by atoms with Crippen LogP contribution >= 0.6 is 0 Å². The van der Waals surface area contributed by atoms with Crippen molar-refractivity contribution < 1.29 is 22.7 Å². The maximum absolute atomic E-state index is 16.4. The minimum absolute atomic E-state index is 0.0450. The zero-order valence-corrected chi connectivity index (χ0v) is 26.7. The van der Waals surface area contributed by atoms with Gasteiger partial charge in [0.1, 0.15) is 29.8 Å². The van der Waals surface area contributed by atoms with Gasteiger partial charge >= 0.3 is 0 Å². The highest BCUT2D eigenvalue weighted by Crippen LogP contribution is 2.40. The van der Waals surface area contributed by atoms with E-state index >= 15 is 8.78 Å². The maximum Gasteiger partial charge on any atom is 0.297 e. The van der Waals surface area contributed by atoms with Crippen LogP contribution in [0.3, 0.4) is 0 Å². The monoisotopic (exact) mass is 660 g/mol. The van der Waals surface area contributed by atoms with E-state index in [2.05, 4.69) is 25.2 Å². The Kier molecular flexibility index (Phi) is 8.11. The van der Waals surface area contributed by atoms with Crippen LogP contribution in [-0.4, -0.2) is 87.7 Å². The number of benzene rings is 2. The fourth-order valence-electron chi connectivity index (χ4n) is 8.76. The molecule has 8 rings (SSSR count). The number of aryl methyl sites for hydroxylation is 1. The van der Waals surface area contributed by atoms with Crippen LogP contribution < -0.4 is 15.6 Å². The first kappa shape index (κ1) is 31.3. The number of H-pyrrole nitrogens is 1.